The summed E-state index contributed by atoms with van der Waals surface area (Å²) >= 11 is 0. The van der Waals surface area contributed by atoms with Crippen LogP contribution in [0.5, 0.6) is 0 Å². The van der Waals surface area contributed by atoms with Gasteiger partial charge in [-0.1, -0.05) is 0 Å². The molecule has 8 heavy (non-hydrogen) atoms. The van der Waals surface area contributed by atoms with Gasteiger partial charge >= 0.3 is 0 Å². The van der Waals surface area contributed by atoms with Crippen molar-refractivity contribution in [1.82, 2.24) is 10.9 Å². The minimum Gasteiger partial charge on any atom is -0.312 e. The molecule has 2 N–H and O–H groups in total. The first kappa shape index (κ1) is 5.24. The standard InChI is InChI=1S/C4H7N3O/c8-2-4-1-5-3-6-7-4/h2-4,7H,1H2,(H,5,6). The van der Waals surface area contributed by atoms with Crippen LogP contribution in [0.4, 0.5) is 0 Å². The van der Waals surface area contributed by atoms with E-state index in [1.807, 2.05) is 0 Å². The molecule has 0 fully saturated rings. The SMILES string of the molecule is O=CC1CN=CNN1. The fourth-order valence-electron chi connectivity index (χ4n) is 0.479. The zero-order chi connectivity index (χ0) is 5.82. The van der Waals surface area contributed by atoms with Crippen LogP contribution in [0.3, 0.4) is 0 Å². The van der Waals surface area contributed by atoms with Crippen molar-refractivity contribution in [3.05, 3.63) is 0 Å². The Morgan fingerprint density at radius 3 is 3.12 bits per heavy atom. The van der Waals surface area contributed by atoms with Crippen molar-refractivity contribution in [3.63, 3.8) is 0 Å². The van der Waals surface area contributed by atoms with E-state index in [1.165, 1.54) is 6.34 Å². The quantitative estimate of drug-likeness (QED) is 0.415. The number of hydrogen-bond acceptors (Lipinski definition) is 4. The van der Waals surface area contributed by atoms with E-state index in [-0.39, 0.29) is 6.04 Å². The molecule has 4 nitrogen and oxygen atoms in total. The highest BCUT2D eigenvalue weighted by Crippen LogP contribution is 1.79. The lowest BCUT2D eigenvalue weighted by Crippen LogP contribution is -2.46. The Balaban J connectivity index is 2.37. The summed E-state index contributed by atoms with van der Waals surface area (Å²) < 4.78 is 0. The Bertz CT molecular complexity index is 112. The van der Waals surface area contributed by atoms with Crippen molar-refractivity contribution in [2.75, 3.05) is 6.54 Å². The van der Waals surface area contributed by atoms with Gasteiger partial charge in [-0.2, -0.15) is 0 Å². The fourth-order valence-corrected chi connectivity index (χ4v) is 0.479. The highest BCUT2D eigenvalue weighted by atomic mass is 16.1. The Hall–Kier alpha value is -0.900. The summed E-state index contributed by atoms with van der Waals surface area (Å²) in [6, 6.07) is -0.153. The molecule has 1 rings (SSSR count). The smallest absolute Gasteiger partial charge is 0.140 e. The first-order valence-corrected chi connectivity index (χ1v) is 2.38. The molecule has 0 aromatic heterocycles. The van der Waals surface area contributed by atoms with Gasteiger partial charge < -0.3 is 10.2 Å². The van der Waals surface area contributed by atoms with Crippen LogP contribution >= 0.6 is 0 Å². The number of rotatable bonds is 1. The third-order valence-corrected chi connectivity index (χ3v) is 0.891. The van der Waals surface area contributed by atoms with Gasteiger partial charge in [0, 0.05) is 0 Å². The van der Waals surface area contributed by atoms with Gasteiger partial charge in [-0.25, -0.2) is 5.43 Å². The predicted molar refractivity (Wildman–Crippen MR) is 29.5 cm³/mol. The van der Waals surface area contributed by atoms with Crippen molar-refractivity contribution in [2.24, 2.45) is 4.99 Å². The van der Waals surface area contributed by atoms with E-state index in [4.69, 9.17) is 0 Å². The Morgan fingerprint density at radius 1 is 1.88 bits per heavy atom. The van der Waals surface area contributed by atoms with Gasteiger partial charge in [0.15, 0.2) is 0 Å². The summed E-state index contributed by atoms with van der Waals surface area (Å²) in [5, 5.41) is 0. The normalized spacial score (nSPS) is 26.8. The minimum absolute atomic E-state index is 0.153. The first-order valence-electron chi connectivity index (χ1n) is 2.38. The van der Waals surface area contributed by atoms with Gasteiger partial charge in [-0.05, 0) is 0 Å². The molecule has 0 saturated heterocycles. The molecule has 44 valence electrons. The zero-order valence-corrected chi connectivity index (χ0v) is 4.29. The maximum absolute atomic E-state index is 9.98. The van der Waals surface area contributed by atoms with Crippen LogP contribution in [0, 0.1) is 0 Å². The second-order valence-electron chi connectivity index (χ2n) is 1.53. The van der Waals surface area contributed by atoms with E-state index >= 15 is 0 Å². The number of hydrazine groups is 1. The molecule has 0 amide bonds. The lowest BCUT2D eigenvalue weighted by Gasteiger charge is -2.12. The molecule has 0 radical (unpaired) electrons. The molecular formula is C4H7N3O. The number of carbonyl (C=O) groups excluding carboxylic acids is 1. The Labute approximate surface area is 47.0 Å². The summed E-state index contributed by atoms with van der Waals surface area (Å²) in [7, 11) is 0. The summed E-state index contributed by atoms with van der Waals surface area (Å²) in [4.78, 5) is 13.8. The molecule has 0 spiro atoms. The van der Waals surface area contributed by atoms with Crippen molar-refractivity contribution in [2.45, 2.75) is 6.04 Å². The minimum atomic E-state index is -0.153. The molecule has 0 saturated carbocycles. The number of aliphatic imine (C=N–C) groups is 1. The highest BCUT2D eigenvalue weighted by molar-refractivity contribution is 5.62. The average molecular weight is 113 g/mol. The molecular weight excluding hydrogens is 106 g/mol. The van der Waals surface area contributed by atoms with Crippen molar-refractivity contribution >= 4 is 12.6 Å². The van der Waals surface area contributed by atoms with Crippen LogP contribution in [-0.2, 0) is 4.79 Å². The number of nitrogens with one attached hydrogen (secondary N) is 2. The molecule has 1 unspecified atom stereocenters. The molecule has 1 heterocycles. The van der Waals surface area contributed by atoms with E-state index < -0.39 is 0 Å². The van der Waals surface area contributed by atoms with E-state index in [2.05, 4.69) is 15.8 Å². The van der Waals surface area contributed by atoms with E-state index in [0.717, 1.165) is 6.29 Å². The van der Waals surface area contributed by atoms with Gasteiger partial charge in [0.2, 0.25) is 0 Å². The van der Waals surface area contributed by atoms with E-state index in [1.54, 1.807) is 0 Å². The summed E-state index contributed by atoms with van der Waals surface area (Å²) in [6.45, 7) is 0.538. The third-order valence-electron chi connectivity index (χ3n) is 0.891. The van der Waals surface area contributed by atoms with Crippen molar-refractivity contribution in [3.8, 4) is 0 Å². The molecule has 0 aromatic rings. The fraction of sp³-hybridized carbons (Fsp3) is 0.500. The Morgan fingerprint density at radius 2 is 2.75 bits per heavy atom. The van der Waals surface area contributed by atoms with E-state index in [9.17, 15) is 4.79 Å². The topological polar surface area (TPSA) is 53.5 Å². The van der Waals surface area contributed by atoms with Crippen LogP contribution in [-0.4, -0.2) is 25.2 Å². The average Bonchev–Trinajstić information content (AvgIpc) is 1.90. The van der Waals surface area contributed by atoms with Crippen LogP contribution in [0.1, 0.15) is 0 Å². The summed E-state index contributed by atoms with van der Waals surface area (Å²) in [5.74, 6) is 0. The molecule has 0 aromatic carbocycles. The first-order chi connectivity index (χ1) is 3.93. The monoisotopic (exact) mass is 113 g/mol. The summed E-state index contributed by atoms with van der Waals surface area (Å²) in [5.41, 5.74) is 5.31. The largest absolute Gasteiger partial charge is 0.312 e. The van der Waals surface area contributed by atoms with E-state index in [0.29, 0.717) is 6.54 Å². The molecule has 1 atom stereocenters. The van der Waals surface area contributed by atoms with Crippen LogP contribution in [0.15, 0.2) is 4.99 Å². The second-order valence-corrected chi connectivity index (χ2v) is 1.53. The summed E-state index contributed by atoms with van der Waals surface area (Å²) in [6.07, 6.45) is 2.35. The molecule has 1 aliphatic heterocycles. The zero-order valence-electron chi connectivity index (χ0n) is 4.29. The van der Waals surface area contributed by atoms with Crippen LogP contribution in [0.25, 0.3) is 0 Å². The van der Waals surface area contributed by atoms with Gasteiger partial charge in [0.1, 0.15) is 12.3 Å². The van der Waals surface area contributed by atoms with Gasteiger partial charge in [-0.15, -0.1) is 0 Å². The van der Waals surface area contributed by atoms with Crippen LogP contribution in [0.2, 0.25) is 0 Å². The highest BCUT2D eigenvalue weighted by Gasteiger charge is 2.05. The number of nitrogens with zero attached hydrogens (tertiary/aromatic N) is 1. The number of aldehydes is 1. The maximum atomic E-state index is 9.98. The molecule has 0 bridgehead atoms. The van der Waals surface area contributed by atoms with Crippen molar-refractivity contribution in [1.29, 1.82) is 0 Å². The van der Waals surface area contributed by atoms with Gasteiger partial charge in [0.05, 0.1) is 12.9 Å². The van der Waals surface area contributed by atoms with Crippen LogP contribution < -0.4 is 10.9 Å². The lowest BCUT2D eigenvalue weighted by molar-refractivity contribution is -0.109. The second kappa shape index (κ2) is 2.42. The van der Waals surface area contributed by atoms with Crippen molar-refractivity contribution < 1.29 is 4.79 Å². The number of carbonyl (C=O) groups is 1. The predicted octanol–water partition coefficient (Wildman–Crippen LogP) is -1.31. The lowest BCUT2D eigenvalue weighted by atomic mass is 10.3. The molecule has 0 aliphatic carbocycles. The van der Waals surface area contributed by atoms with Gasteiger partial charge in [0.25, 0.3) is 0 Å². The van der Waals surface area contributed by atoms with Gasteiger partial charge in [-0.3, -0.25) is 4.99 Å². The Kier molecular flexibility index (Phi) is 1.58. The molecule has 1 aliphatic rings. The third kappa shape index (κ3) is 1.04. The maximum Gasteiger partial charge on any atom is 0.140 e. The molecule has 4 heteroatoms. The number of hydrogen-bond donors (Lipinski definition) is 2.